The highest BCUT2D eigenvalue weighted by molar-refractivity contribution is 5.98. The van der Waals surface area contributed by atoms with Crippen LogP contribution in [0.2, 0.25) is 0 Å². The van der Waals surface area contributed by atoms with E-state index in [1.165, 1.54) is 6.92 Å². The normalized spacial score (nSPS) is 22.0. The summed E-state index contributed by atoms with van der Waals surface area (Å²) in [6, 6.07) is -4.33. The summed E-state index contributed by atoms with van der Waals surface area (Å²) in [6.45, 7) is 18.2. The number of carbonyl (C=O) groups excluding carboxylic acids is 12. The molecule has 1 aliphatic rings. The number of aliphatic hydroxyl groups excluding tert-OH is 2. The Labute approximate surface area is 501 Å². The van der Waals surface area contributed by atoms with Gasteiger partial charge in [-0.1, -0.05) is 44.2 Å². The van der Waals surface area contributed by atoms with Gasteiger partial charge in [0.15, 0.2) is 0 Å². The van der Waals surface area contributed by atoms with Crippen LogP contribution in [-0.4, -0.2) is 192 Å². The number of hydrogen-bond acceptors (Lipinski definition) is 18. The topological polar surface area (TPSA) is 443 Å². The number of alkyl carbamates (subject to hydrolysis) is 3. The van der Waals surface area contributed by atoms with Gasteiger partial charge in [0.2, 0.25) is 53.2 Å². The van der Waals surface area contributed by atoms with Gasteiger partial charge in [-0.2, -0.15) is 0 Å². The number of nitrogens with one attached hydrogen (secondary N) is 12. The molecule has 2 rings (SSSR count). The predicted molar refractivity (Wildman–Crippen MR) is 312 cm³/mol. The van der Waals surface area contributed by atoms with Crippen LogP contribution in [0.25, 0.3) is 0 Å². The summed E-state index contributed by atoms with van der Waals surface area (Å²) in [5, 5.41) is 50.9. The zero-order valence-electron chi connectivity index (χ0n) is 51.6. The molecule has 12 amide bonds. The van der Waals surface area contributed by atoms with E-state index < -0.39 is 168 Å². The van der Waals surface area contributed by atoms with E-state index in [2.05, 4.69) is 63.8 Å². The molecule has 1 aliphatic heterocycles. The SMILES string of the molecule is CC(C)C[C@@H]1NC(=O)[C@@H](Cc2ccccc2)NC(=O)[C@H](CCNC(=O)OC(C)(C)C)NC(=O)[C@@H](NC(=O)CNC(=O)[C@@H](N)[C@@H](C)O)CCNC(=O)[C@H]([C@@H](C)O)NC(=O)[C@H](CCNC(=O)OC(C)(C)C)NC(=O)[C@H](CCNC(=O)OC(C)(C)C)NC1=O. The van der Waals surface area contributed by atoms with E-state index in [0.717, 1.165) is 6.92 Å². The number of ether oxygens (including phenoxy) is 3. The highest BCUT2D eigenvalue weighted by atomic mass is 16.6. The lowest BCUT2D eigenvalue weighted by atomic mass is 10.00. The standard InChI is InChI=1S/C56H93N13O17/c1-30(2)27-38-47(77)66-35(20-24-59-51(81)84-54(5,6)7)44(74)65-37(22-26-61-53(83)86-56(11,12)13)46(76)69-42(32(4)71)50(80)58-23-19-34(63-40(72)29-62-49(79)41(57)31(3)70)43(73)64-36(21-25-60-52(82)85-55(8,9)10)45(75)68-39(48(78)67-38)28-33-17-15-14-16-18-33/h14-18,30-32,34-39,41-42,70-71H,19-29,57H2,1-13H3,(H,58,80)(H,59,81)(H,60,82)(H,61,83)(H,62,79)(H,63,72)(H,64,73)(H,65,74)(H,66,77)(H,67,78)(H,68,75)(H,69,76)/t31-,32-,34+,35+,36+,37+,38+,39-,41+,42+/m1/s1. The molecular weight excluding hydrogens is 1130 g/mol. The molecule has 1 fully saturated rings. The average molecular weight is 1220 g/mol. The molecule has 484 valence electrons. The first-order valence-electron chi connectivity index (χ1n) is 28.6. The van der Waals surface area contributed by atoms with E-state index in [-0.39, 0.29) is 57.7 Å². The molecule has 0 aliphatic carbocycles. The van der Waals surface area contributed by atoms with Crippen molar-refractivity contribution in [3.05, 3.63) is 35.9 Å². The Hall–Kier alpha value is -7.86. The summed E-state index contributed by atoms with van der Waals surface area (Å²) < 4.78 is 16.0. The first-order chi connectivity index (χ1) is 39.8. The summed E-state index contributed by atoms with van der Waals surface area (Å²) >= 11 is 0. The molecular formula is C56H93N13O17. The molecule has 30 nitrogen and oxygen atoms in total. The van der Waals surface area contributed by atoms with Crippen molar-refractivity contribution in [2.75, 3.05) is 32.7 Å². The average Bonchev–Trinajstić information content (AvgIpc) is 3.15. The first-order valence-corrected chi connectivity index (χ1v) is 28.6. The molecule has 1 aromatic rings. The van der Waals surface area contributed by atoms with E-state index in [4.69, 9.17) is 19.9 Å². The maximum atomic E-state index is 14.7. The van der Waals surface area contributed by atoms with Crippen LogP contribution in [0, 0.1) is 5.92 Å². The number of carbonyl (C=O) groups is 12. The molecule has 0 radical (unpaired) electrons. The molecule has 1 aromatic carbocycles. The van der Waals surface area contributed by atoms with Crippen LogP contribution in [0.3, 0.4) is 0 Å². The number of benzene rings is 1. The van der Waals surface area contributed by atoms with Gasteiger partial charge in [-0.25, -0.2) is 14.4 Å². The Morgan fingerprint density at radius 3 is 1.37 bits per heavy atom. The maximum absolute atomic E-state index is 14.7. The fraction of sp³-hybridized carbons (Fsp3) is 0.679. The van der Waals surface area contributed by atoms with Crippen molar-refractivity contribution >= 4 is 71.4 Å². The van der Waals surface area contributed by atoms with Crippen molar-refractivity contribution in [1.82, 2.24) is 63.8 Å². The van der Waals surface area contributed by atoms with E-state index >= 15 is 0 Å². The summed E-state index contributed by atoms with van der Waals surface area (Å²) in [5.74, 6) is -9.29. The third kappa shape index (κ3) is 29.8. The Bertz CT molecular complexity index is 2480. The molecule has 1 saturated heterocycles. The lowest BCUT2D eigenvalue weighted by molar-refractivity contribution is -0.136. The van der Waals surface area contributed by atoms with Crippen LogP contribution in [-0.2, 0) is 63.8 Å². The first kappa shape index (κ1) is 74.2. The van der Waals surface area contributed by atoms with Crippen LogP contribution in [0.5, 0.6) is 0 Å². The second-order valence-corrected chi connectivity index (χ2v) is 24.2. The van der Waals surface area contributed by atoms with E-state index in [1.807, 2.05) is 0 Å². The van der Waals surface area contributed by atoms with Crippen molar-refractivity contribution in [3.63, 3.8) is 0 Å². The fourth-order valence-electron chi connectivity index (χ4n) is 7.96. The highest BCUT2D eigenvalue weighted by Gasteiger charge is 2.37. The fourth-order valence-corrected chi connectivity index (χ4v) is 7.96. The van der Waals surface area contributed by atoms with Gasteiger partial charge in [0.1, 0.15) is 65.1 Å². The van der Waals surface area contributed by atoms with Gasteiger partial charge < -0.3 is 94.0 Å². The molecule has 16 N–H and O–H groups in total. The van der Waals surface area contributed by atoms with Crippen molar-refractivity contribution in [3.8, 4) is 0 Å². The minimum absolute atomic E-state index is 0.0581. The molecule has 0 spiro atoms. The van der Waals surface area contributed by atoms with Gasteiger partial charge in [-0.3, -0.25) is 43.2 Å². The van der Waals surface area contributed by atoms with Gasteiger partial charge in [0.25, 0.3) is 0 Å². The smallest absolute Gasteiger partial charge is 0.407 e. The molecule has 0 aromatic heterocycles. The largest absolute Gasteiger partial charge is 0.444 e. The second-order valence-electron chi connectivity index (χ2n) is 24.2. The van der Waals surface area contributed by atoms with E-state index in [0.29, 0.717) is 5.56 Å². The van der Waals surface area contributed by atoms with Gasteiger partial charge in [-0.15, -0.1) is 0 Å². The molecule has 10 atom stereocenters. The molecule has 0 unspecified atom stereocenters. The van der Waals surface area contributed by atoms with Crippen molar-refractivity contribution in [1.29, 1.82) is 0 Å². The Balaban J connectivity index is 2.91. The summed E-state index contributed by atoms with van der Waals surface area (Å²) in [6.07, 6.45) is -7.46. The second kappa shape index (κ2) is 34.9. The molecule has 30 heteroatoms. The van der Waals surface area contributed by atoms with E-state index in [9.17, 15) is 67.7 Å². The summed E-state index contributed by atoms with van der Waals surface area (Å²) in [4.78, 5) is 166. The number of hydrogen-bond donors (Lipinski definition) is 15. The van der Waals surface area contributed by atoms with Crippen molar-refractivity contribution < 1.29 is 82.0 Å². The Morgan fingerprint density at radius 1 is 0.558 bits per heavy atom. The molecule has 1 heterocycles. The zero-order valence-corrected chi connectivity index (χ0v) is 51.6. The van der Waals surface area contributed by atoms with Crippen molar-refractivity contribution in [2.24, 2.45) is 11.7 Å². The van der Waals surface area contributed by atoms with Gasteiger partial charge in [0, 0.05) is 32.6 Å². The minimum atomic E-state index is -1.79. The number of aliphatic hydroxyl groups is 2. The number of amides is 12. The highest BCUT2D eigenvalue weighted by Crippen LogP contribution is 2.13. The van der Waals surface area contributed by atoms with Gasteiger partial charge >= 0.3 is 18.3 Å². The lowest BCUT2D eigenvalue weighted by Crippen LogP contribution is -2.61. The number of rotatable bonds is 19. The van der Waals surface area contributed by atoms with Crippen LogP contribution in [0.1, 0.15) is 128 Å². The Morgan fingerprint density at radius 2 is 0.953 bits per heavy atom. The zero-order chi connectivity index (χ0) is 65.3. The molecule has 86 heavy (non-hydrogen) atoms. The minimum Gasteiger partial charge on any atom is -0.444 e. The van der Waals surface area contributed by atoms with Gasteiger partial charge in [-0.05, 0) is 120 Å². The Kier molecular flexibility index (Phi) is 30.2. The van der Waals surface area contributed by atoms with Crippen LogP contribution in [0.15, 0.2) is 30.3 Å². The van der Waals surface area contributed by atoms with Crippen LogP contribution in [0.4, 0.5) is 14.4 Å². The third-order valence-electron chi connectivity index (χ3n) is 12.2. The quantitative estimate of drug-likeness (QED) is 0.0675. The molecule has 0 bridgehead atoms. The summed E-state index contributed by atoms with van der Waals surface area (Å²) in [7, 11) is 0. The number of nitrogens with two attached hydrogens (primary N) is 1. The van der Waals surface area contributed by atoms with E-state index in [1.54, 1.807) is 106 Å². The summed E-state index contributed by atoms with van der Waals surface area (Å²) in [5.41, 5.74) is 3.45. The van der Waals surface area contributed by atoms with Gasteiger partial charge in [0.05, 0.1) is 18.8 Å². The monoisotopic (exact) mass is 1220 g/mol. The van der Waals surface area contributed by atoms with Crippen LogP contribution >= 0.6 is 0 Å². The third-order valence-corrected chi connectivity index (χ3v) is 12.2. The molecule has 0 saturated carbocycles. The maximum Gasteiger partial charge on any atom is 0.407 e. The lowest BCUT2D eigenvalue weighted by Gasteiger charge is -2.29. The predicted octanol–water partition coefficient (Wildman–Crippen LogP) is -1.86. The van der Waals surface area contributed by atoms with Crippen molar-refractivity contribution in [2.45, 2.75) is 206 Å². The van der Waals surface area contributed by atoms with Crippen LogP contribution < -0.4 is 69.5 Å².